The molecule has 0 saturated carbocycles. The summed E-state index contributed by atoms with van der Waals surface area (Å²) in [5, 5.41) is 9.22. The van der Waals surface area contributed by atoms with E-state index in [2.05, 4.69) is 4.98 Å². The molecule has 90 valence electrons. The second kappa shape index (κ2) is 4.71. The highest BCUT2D eigenvalue weighted by Crippen LogP contribution is 2.20. The molecule has 2 heterocycles. The second-order valence-electron chi connectivity index (χ2n) is 3.84. The van der Waals surface area contributed by atoms with E-state index in [9.17, 15) is 9.59 Å². The Morgan fingerprint density at radius 3 is 2.88 bits per heavy atom. The van der Waals surface area contributed by atoms with Crippen LogP contribution in [0.2, 0.25) is 5.15 Å². The van der Waals surface area contributed by atoms with Gasteiger partial charge in [0.15, 0.2) is 0 Å². The molecule has 0 aromatic carbocycles. The first-order chi connectivity index (χ1) is 8.09. The fourth-order valence-corrected chi connectivity index (χ4v) is 2.10. The summed E-state index contributed by atoms with van der Waals surface area (Å²) in [4.78, 5) is 28.3. The van der Waals surface area contributed by atoms with Gasteiger partial charge in [-0.15, -0.1) is 0 Å². The zero-order valence-electron chi connectivity index (χ0n) is 8.97. The second-order valence-corrected chi connectivity index (χ2v) is 4.23. The van der Waals surface area contributed by atoms with Crippen LogP contribution in [-0.4, -0.2) is 39.5 Å². The van der Waals surface area contributed by atoms with Gasteiger partial charge < -0.3 is 10.0 Å². The molecule has 1 aromatic rings. The van der Waals surface area contributed by atoms with Crippen molar-refractivity contribution in [3.8, 4) is 0 Å². The smallest absolute Gasteiger partial charge is 0.326 e. The molecule has 6 heteroatoms. The van der Waals surface area contributed by atoms with E-state index in [1.165, 1.54) is 11.0 Å². The van der Waals surface area contributed by atoms with Gasteiger partial charge in [0.05, 0.1) is 0 Å². The zero-order valence-corrected chi connectivity index (χ0v) is 9.72. The molecular formula is C11H11ClN2O3. The fraction of sp³-hybridized carbons (Fsp3) is 0.364. The van der Waals surface area contributed by atoms with E-state index >= 15 is 0 Å². The molecule has 1 saturated heterocycles. The number of carboxylic acid groups (broad SMARTS) is 1. The van der Waals surface area contributed by atoms with Crippen molar-refractivity contribution < 1.29 is 14.7 Å². The van der Waals surface area contributed by atoms with E-state index in [4.69, 9.17) is 16.7 Å². The number of aromatic nitrogens is 1. The Hall–Kier alpha value is -1.62. The van der Waals surface area contributed by atoms with E-state index in [1.807, 2.05) is 0 Å². The first-order valence-electron chi connectivity index (χ1n) is 5.26. The maximum Gasteiger partial charge on any atom is 0.326 e. The number of likely N-dealkylation sites (tertiary alicyclic amines) is 1. The molecule has 1 unspecified atom stereocenters. The number of rotatable bonds is 2. The van der Waals surface area contributed by atoms with Crippen LogP contribution in [0.25, 0.3) is 0 Å². The number of hydrogen-bond donors (Lipinski definition) is 1. The van der Waals surface area contributed by atoms with Gasteiger partial charge >= 0.3 is 5.97 Å². The maximum atomic E-state index is 12.1. The average Bonchev–Trinajstić information content (AvgIpc) is 2.77. The average molecular weight is 255 g/mol. The lowest BCUT2D eigenvalue weighted by molar-refractivity contribution is -0.141. The standard InChI is InChI=1S/C11H11ClN2O3/c12-9-5-1-3-7(13-9)10(15)14-6-2-4-8(14)11(16)17/h1,3,5,8H,2,4,6H2,(H,16,17). The molecule has 5 nitrogen and oxygen atoms in total. The number of amides is 1. The SMILES string of the molecule is O=C(O)C1CCCN1C(=O)c1cccc(Cl)n1. The number of nitrogens with zero attached hydrogens (tertiary/aromatic N) is 2. The van der Waals surface area contributed by atoms with Gasteiger partial charge in [0.25, 0.3) is 5.91 Å². The molecule has 1 N–H and O–H groups in total. The number of carboxylic acids is 1. The minimum Gasteiger partial charge on any atom is -0.480 e. The van der Waals surface area contributed by atoms with Crippen molar-refractivity contribution in [3.63, 3.8) is 0 Å². The Morgan fingerprint density at radius 1 is 1.47 bits per heavy atom. The zero-order chi connectivity index (χ0) is 12.4. The summed E-state index contributed by atoms with van der Waals surface area (Å²) in [5.74, 6) is -1.35. The van der Waals surface area contributed by atoms with Crippen molar-refractivity contribution in [2.24, 2.45) is 0 Å². The topological polar surface area (TPSA) is 70.5 Å². The highest BCUT2D eigenvalue weighted by molar-refractivity contribution is 6.29. The fourth-order valence-electron chi connectivity index (χ4n) is 1.94. The summed E-state index contributed by atoms with van der Waals surface area (Å²) in [6, 6.07) is 3.97. The lowest BCUT2D eigenvalue weighted by Crippen LogP contribution is -2.40. The van der Waals surface area contributed by atoms with Gasteiger partial charge in [-0.2, -0.15) is 0 Å². The van der Waals surface area contributed by atoms with Gasteiger partial charge in [0.2, 0.25) is 0 Å². The molecule has 1 aliphatic heterocycles. The van der Waals surface area contributed by atoms with Crippen LogP contribution >= 0.6 is 11.6 Å². The number of aliphatic carboxylic acids is 1. The Labute approximate surface area is 103 Å². The van der Waals surface area contributed by atoms with Crippen LogP contribution in [0.4, 0.5) is 0 Å². The third kappa shape index (κ3) is 2.39. The molecule has 1 atom stereocenters. The van der Waals surface area contributed by atoms with Gasteiger partial charge in [0.1, 0.15) is 16.9 Å². The number of carbonyl (C=O) groups is 2. The first kappa shape index (κ1) is 11.9. The van der Waals surface area contributed by atoms with Crippen LogP contribution in [0.5, 0.6) is 0 Å². The molecule has 1 fully saturated rings. The van der Waals surface area contributed by atoms with E-state index in [-0.39, 0.29) is 16.8 Å². The van der Waals surface area contributed by atoms with Gasteiger partial charge in [-0.3, -0.25) is 4.79 Å². The normalized spacial score (nSPS) is 19.4. The molecule has 17 heavy (non-hydrogen) atoms. The van der Waals surface area contributed by atoms with Crippen LogP contribution in [0.1, 0.15) is 23.3 Å². The molecule has 0 bridgehead atoms. The number of hydrogen-bond acceptors (Lipinski definition) is 3. The third-order valence-electron chi connectivity index (χ3n) is 2.73. The predicted octanol–water partition coefficient (Wildman–Crippen LogP) is 1.42. The van der Waals surface area contributed by atoms with Gasteiger partial charge in [-0.05, 0) is 25.0 Å². The summed E-state index contributed by atoms with van der Waals surface area (Å²) >= 11 is 5.70. The van der Waals surface area contributed by atoms with E-state index in [0.29, 0.717) is 19.4 Å². The maximum absolute atomic E-state index is 12.1. The summed E-state index contributed by atoms with van der Waals surface area (Å²) in [7, 11) is 0. The molecule has 1 amide bonds. The van der Waals surface area contributed by atoms with Crippen LogP contribution in [0, 0.1) is 0 Å². The number of halogens is 1. The highest BCUT2D eigenvalue weighted by Gasteiger charge is 2.34. The van der Waals surface area contributed by atoms with Crippen LogP contribution in [-0.2, 0) is 4.79 Å². The quantitative estimate of drug-likeness (QED) is 0.811. The molecule has 0 aliphatic carbocycles. The monoisotopic (exact) mass is 254 g/mol. The van der Waals surface area contributed by atoms with Crippen LogP contribution < -0.4 is 0 Å². The summed E-state index contributed by atoms with van der Waals surface area (Å²) < 4.78 is 0. The number of pyridine rings is 1. The molecule has 0 radical (unpaired) electrons. The van der Waals surface area contributed by atoms with Crippen LogP contribution in [0.3, 0.4) is 0 Å². The summed E-state index contributed by atoms with van der Waals surface area (Å²) in [5.41, 5.74) is 0.186. The van der Waals surface area contributed by atoms with Crippen molar-refractivity contribution in [2.45, 2.75) is 18.9 Å². The van der Waals surface area contributed by atoms with Gasteiger partial charge in [-0.25, -0.2) is 9.78 Å². The van der Waals surface area contributed by atoms with Crippen molar-refractivity contribution in [2.75, 3.05) is 6.54 Å². The van der Waals surface area contributed by atoms with E-state index in [1.54, 1.807) is 12.1 Å². The lowest BCUT2D eigenvalue weighted by Gasteiger charge is -2.20. The van der Waals surface area contributed by atoms with E-state index in [0.717, 1.165) is 0 Å². The Kier molecular flexibility index (Phi) is 3.28. The molecular weight excluding hydrogens is 244 g/mol. The highest BCUT2D eigenvalue weighted by atomic mass is 35.5. The largest absolute Gasteiger partial charge is 0.480 e. The predicted molar refractivity (Wildman–Crippen MR) is 60.9 cm³/mol. The lowest BCUT2D eigenvalue weighted by atomic mass is 10.2. The number of carbonyl (C=O) groups excluding carboxylic acids is 1. The molecule has 1 aliphatic rings. The van der Waals surface area contributed by atoms with E-state index < -0.39 is 12.0 Å². The summed E-state index contributed by atoms with van der Waals surface area (Å²) in [6.07, 6.45) is 1.19. The van der Waals surface area contributed by atoms with Gasteiger partial charge in [0, 0.05) is 6.54 Å². The van der Waals surface area contributed by atoms with Crippen molar-refractivity contribution in [1.29, 1.82) is 0 Å². The van der Waals surface area contributed by atoms with Crippen LogP contribution in [0.15, 0.2) is 18.2 Å². The van der Waals surface area contributed by atoms with Gasteiger partial charge in [-0.1, -0.05) is 17.7 Å². The minimum atomic E-state index is -0.974. The van der Waals surface area contributed by atoms with Crippen molar-refractivity contribution in [1.82, 2.24) is 9.88 Å². The molecule has 0 spiro atoms. The molecule has 2 rings (SSSR count). The Bertz CT molecular complexity index is 464. The summed E-state index contributed by atoms with van der Waals surface area (Å²) in [6.45, 7) is 0.448. The molecule has 1 aromatic heterocycles. The Morgan fingerprint density at radius 2 is 2.24 bits per heavy atom. The Balaban J connectivity index is 2.23. The third-order valence-corrected chi connectivity index (χ3v) is 2.94. The van der Waals surface area contributed by atoms with Crippen molar-refractivity contribution >= 4 is 23.5 Å². The first-order valence-corrected chi connectivity index (χ1v) is 5.63. The minimum absolute atomic E-state index is 0.186. The van der Waals surface area contributed by atoms with Crippen molar-refractivity contribution in [3.05, 3.63) is 29.0 Å².